The number of hydrogen-bond donors (Lipinski definition) is 1. The average molecular weight is 352 g/mol. The number of amides is 1. The molecule has 1 atom stereocenters. The Balaban J connectivity index is 1.77. The largest absolute Gasteiger partial charge is 0.468 e. The highest BCUT2D eigenvalue weighted by Gasteiger charge is 2.21. The lowest BCUT2D eigenvalue weighted by Gasteiger charge is -2.22. The summed E-state index contributed by atoms with van der Waals surface area (Å²) in [6, 6.07) is 13.6. The van der Waals surface area contributed by atoms with Crippen LogP contribution in [0.3, 0.4) is 0 Å². The van der Waals surface area contributed by atoms with Crippen molar-refractivity contribution in [2.24, 2.45) is 0 Å². The second-order valence-corrected chi connectivity index (χ2v) is 6.31. The second-order valence-electron chi connectivity index (χ2n) is 6.31. The zero-order valence-electron chi connectivity index (χ0n) is 15.3. The van der Waals surface area contributed by atoms with Crippen molar-refractivity contribution in [2.45, 2.75) is 19.4 Å². The third kappa shape index (κ3) is 3.70. The van der Waals surface area contributed by atoms with Crippen LogP contribution in [0.1, 0.15) is 34.8 Å². The van der Waals surface area contributed by atoms with Crippen molar-refractivity contribution >= 4 is 5.91 Å². The minimum atomic E-state index is -0.123. The first-order valence-corrected chi connectivity index (χ1v) is 8.72. The molecule has 3 aromatic rings. The Bertz CT molecular complexity index is 838. The number of furan rings is 1. The molecule has 0 bridgehead atoms. The van der Waals surface area contributed by atoms with Crippen LogP contribution in [-0.2, 0) is 6.42 Å². The van der Waals surface area contributed by atoms with E-state index in [-0.39, 0.29) is 11.9 Å². The van der Waals surface area contributed by atoms with E-state index in [0.717, 1.165) is 17.1 Å². The first-order chi connectivity index (χ1) is 12.6. The molecule has 1 unspecified atom stereocenters. The summed E-state index contributed by atoms with van der Waals surface area (Å²) >= 11 is 0. The molecular formula is C20H24N4O2. The Morgan fingerprint density at radius 2 is 2.00 bits per heavy atom. The molecule has 2 heterocycles. The quantitative estimate of drug-likeness (QED) is 0.710. The molecule has 1 aromatic carbocycles. The zero-order valence-corrected chi connectivity index (χ0v) is 15.3. The first-order valence-electron chi connectivity index (χ1n) is 8.72. The molecule has 0 aliphatic heterocycles. The minimum absolute atomic E-state index is 0.0248. The van der Waals surface area contributed by atoms with Gasteiger partial charge in [-0.3, -0.25) is 9.69 Å². The molecule has 0 fully saturated rings. The minimum Gasteiger partial charge on any atom is -0.468 e. The van der Waals surface area contributed by atoms with Gasteiger partial charge in [0, 0.05) is 6.54 Å². The fourth-order valence-corrected chi connectivity index (χ4v) is 3.00. The standard InChI is InChI=1S/C20H24N4O2/c1-4-17-16(13-22-24(17)15-9-6-5-7-10-15)20(25)21-14-18(23(2)3)19-11-8-12-26-19/h5-13,18H,4,14H2,1-3H3,(H,21,25). The van der Waals surface area contributed by atoms with Gasteiger partial charge in [0.15, 0.2) is 0 Å². The van der Waals surface area contributed by atoms with Crippen molar-refractivity contribution in [3.63, 3.8) is 0 Å². The maximum atomic E-state index is 12.8. The lowest BCUT2D eigenvalue weighted by atomic mass is 10.1. The van der Waals surface area contributed by atoms with Gasteiger partial charge in [0.1, 0.15) is 5.76 Å². The summed E-state index contributed by atoms with van der Waals surface area (Å²) in [5.41, 5.74) is 2.45. The van der Waals surface area contributed by atoms with E-state index in [1.165, 1.54) is 0 Å². The third-order valence-electron chi connectivity index (χ3n) is 4.40. The Morgan fingerprint density at radius 1 is 1.23 bits per heavy atom. The van der Waals surface area contributed by atoms with Gasteiger partial charge < -0.3 is 9.73 Å². The van der Waals surface area contributed by atoms with Gasteiger partial charge >= 0.3 is 0 Å². The molecule has 0 aliphatic carbocycles. The van der Waals surface area contributed by atoms with Crippen LogP contribution in [0.2, 0.25) is 0 Å². The number of aromatic nitrogens is 2. The van der Waals surface area contributed by atoms with Crippen molar-refractivity contribution in [3.8, 4) is 5.69 Å². The monoisotopic (exact) mass is 352 g/mol. The third-order valence-corrected chi connectivity index (χ3v) is 4.40. The molecule has 136 valence electrons. The van der Waals surface area contributed by atoms with E-state index >= 15 is 0 Å². The molecule has 6 nitrogen and oxygen atoms in total. The molecular weight excluding hydrogens is 328 g/mol. The van der Waals surface area contributed by atoms with Crippen LogP contribution in [0.25, 0.3) is 5.69 Å². The van der Waals surface area contributed by atoms with Gasteiger partial charge in [-0.15, -0.1) is 0 Å². The highest BCUT2D eigenvalue weighted by atomic mass is 16.3. The zero-order chi connectivity index (χ0) is 18.5. The van der Waals surface area contributed by atoms with Crippen molar-refractivity contribution < 1.29 is 9.21 Å². The van der Waals surface area contributed by atoms with E-state index in [1.54, 1.807) is 12.5 Å². The Kier molecular flexibility index (Phi) is 5.53. The highest BCUT2D eigenvalue weighted by Crippen LogP contribution is 2.19. The van der Waals surface area contributed by atoms with E-state index in [2.05, 4.69) is 10.4 Å². The predicted octanol–water partition coefficient (Wildman–Crippen LogP) is 3.06. The van der Waals surface area contributed by atoms with Gasteiger partial charge in [0.25, 0.3) is 5.91 Å². The van der Waals surface area contributed by atoms with Crippen LogP contribution < -0.4 is 5.32 Å². The first kappa shape index (κ1) is 17.9. The number of carbonyl (C=O) groups is 1. The average Bonchev–Trinajstić information content (AvgIpc) is 3.31. The summed E-state index contributed by atoms with van der Waals surface area (Å²) in [6.07, 6.45) is 4.00. The number of rotatable bonds is 7. The number of para-hydroxylation sites is 1. The van der Waals surface area contributed by atoms with E-state index in [9.17, 15) is 4.79 Å². The highest BCUT2D eigenvalue weighted by molar-refractivity contribution is 5.95. The molecule has 26 heavy (non-hydrogen) atoms. The predicted molar refractivity (Wildman–Crippen MR) is 100 cm³/mol. The fraction of sp³-hybridized carbons (Fsp3) is 0.300. The molecule has 1 N–H and O–H groups in total. The molecule has 1 amide bonds. The number of carbonyl (C=O) groups excluding carboxylic acids is 1. The SMILES string of the molecule is CCc1c(C(=O)NCC(c2ccco2)N(C)C)cnn1-c1ccccc1. The molecule has 0 saturated carbocycles. The number of nitrogens with one attached hydrogen (secondary N) is 1. The summed E-state index contributed by atoms with van der Waals surface area (Å²) in [6.45, 7) is 2.48. The Hall–Kier alpha value is -2.86. The second kappa shape index (κ2) is 8.01. The summed E-state index contributed by atoms with van der Waals surface area (Å²) in [5, 5.41) is 7.43. The molecule has 6 heteroatoms. The smallest absolute Gasteiger partial charge is 0.254 e. The van der Waals surface area contributed by atoms with Gasteiger partial charge in [-0.1, -0.05) is 25.1 Å². The summed E-state index contributed by atoms with van der Waals surface area (Å²) in [5.74, 6) is 0.702. The van der Waals surface area contributed by atoms with Crippen LogP contribution in [0, 0.1) is 0 Å². The molecule has 0 spiro atoms. The molecule has 0 radical (unpaired) electrons. The molecule has 0 saturated heterocycles. The van der Waals surface area contributed by atoms with Crippen molar-refractivity contribution in [1.29, 1.82) is 0 Å². The van der Waals surface area contributed by atoms with Gasteiger partial charge in [-0.2, -0.15) is 5.10 Å². The fourth-order valence-electron chi connectivity index (χ4n) is 3.00. The van der Waals surface area contributed by atoms with Crippen molar-refractivity contribution in [1.82, 2.24) is 20.0 Å². The van der Waals surface area contributed by atoms with Crippen LogP contribution in [-0.4, -0.2) is 41.2 Å². The van der Waals surface area contributed by atoms with Crippen molar-refractivity contribution in [2.75, 3.05) is 20.6 Å². The molecule has 3 rings (SSSR count). The Morgan fingerprint density at radius 3 is 2.62 bits per heavy atom. The molecule has 2 aromatic heterocycles. The maximum absolute atomic E-state index is 12.8. The van der Waals surface area contributed by atoms with E-state index in [1.807, 2.05) is 73.1 Å². The number of likely N-dealkylation sites (N-methyl/N-ethyl adjacent to an activating group) is 1. The van der Waals surface area contributed by atoms with Crippen LogP contribution in [0.4, 0.5) is 0 Å². The molecule has 0 aliphatic rings. The van der Waals surface area contributed by atoms with E-state index in [4.69, 9.17) is 4.42 Å². The van der Waals surface area contributed by atoms with E-state index in [0.29, 0.717) is 18.5 Å². The number of benzene rings is 1. The van der Waals surface area contributed by atoms with Crippen LogP contribution >= 0.6 is 0 Å². The normalized spacial score (nSPS) is 12.3. The van der Waals surface area contributed by atoms with Gasteiger partial charge in [-0.05, 0) is 44.8 Å². The summed E-state index contributed by atoms with van der Waals surface area (Å²) in [7, 11) is 3.93. The maximum Gasteiger partial charge on any atom is 0.254 e. The topological polar surface area (TPSA) is 63.3 Å². The summed E-state index contributed by atoms with van der Waals surface area (Å²) in [4.78, 5) is 14.8. The van der Waals surface area contributed by atoms with E-state index < -0.39 is 0 Å². The number of hydrogen-bond acceptors (Lipinski definition) is 4. The number of nitrogens with zero attached hydrogens (tertiary/aromatic N) is 3. The van der Waals surface area contributed by atoms with Crippen LogP contribution in [0.5, 0.6) is 0 Å². The lowest BCUT2D eigenvalue weighted by Crippen LogP contribution is -2.34. The Labute approximate surface area is 153 Å². The van der Waals surface area contributed by atoms with Gasteiger partial charge in [-0.25, -0.2) is 4.68 Å². The van der Waals surface area contributed by atoms with Crippen LogP contribution in [0.15, 0.2) is 59.3 Å². The lowest BCUT2D eigenvalue weighted by molar-refractivity contribution is 0.0938. The van der Waals surface area contributed by atoms with Gasteiger partial charge in [0.2, 0.25) is 0 Å². The van der Waals surface area contributed by atoms with Crippen molar-refractivity contribution in [3.05, 3.63) is 71.9 Å². The van der Waals surface area contributed by atoms with Gasteiger partial charge in [0.05, 0.1) is 35.4 Å². The summed E-state index contributed by atoms with van der Waals surface area (Å²) < 4.78 is 7.32.